The van der Waals surface area contributed by atoms with Crippen LogP contribution in [0.15, 0.2) is 42.7 Å². The highest BCUT2D eigenvalue weighted by atomic mass is 16.2. The Labute approximate surface area is 135 Å². The van der Waals surface area contributed by atoms with Crippen LogP contribution >= 0.6 is 0 Å². The van der Waals surface area contributed by atoms with Crippen molar-refractivity contribution in [3.05, 3.63) is 59.7 Å². The Hall–Kier alpha value is -2.76. The van der Waals surface area contributed by atoms with Crippen molar-refractivity contribution in [1.29, 1.82) is 0 Å². The van der Waals surface area contributed by atoms with E-state index in [9.17, 15) is 9.59 Å². The summed E-state index contributed by atoms with van der Waals surface area (Å²) in [6, 6.07) is 8.65. The number of hydrogen-bond donors (Lipinski definition) is 2. The number of rotatable bonds is 6. The molecule has 6 heteroatoms. The number of amides is 2. The number of nitrogens with one attached hydrogen (secondary N) is 2. The van der Waals surface area contributed by atoms with Crippen LogP contribution in [-0.2, 0) is 6.54 Å². The second-order valence-corrected chi connectivity index (χ2v) is 5.22. The fraction of sp³-hybridized carbons (Fsp3) is 0.294. The van der Waals surface area contributed by atoms with Gasteiger partial charge in [0.25, 0.3) is 11.8 Å². The first-order valence-electron chi connectivity index (χ1n) is 7.55. The highest BCUT2D eigenvalue weighted by Crippen LogP contribution is 2.04. The molecule has 0 spiro atoms. The molecule has 2 amide bonds. The molecule has 0 fully saturated rings. The van der Waals surface area contributed by atoms with Crippen LogP contribution in [0.5, 0.6) is 0 Å². The highest BCUT2D eigenvalue weighted by molar-refractivity contribution is 5.98. The van der Waals surface area contributed by atoms with Gasteiger partial charge < -0.3 is 10.6 Å². The van der Waals surface area contributed by atoms with Gasteiger partial charge in [0.15, 0.2) is 0 Å². The van der Waals surface area contributed by atoms with E-state index in [2.05, 4.69) is 20.6 Å². The minimum atomic E-state index is -0.339. The van der Waals surface area contributed by atoms with Crippen molar-refractivity contribution in [2.24, 2.45) is 0 Å². The van der Waals surface area contributed by atoms with E-state index in [4.69, 9.17) is 0 Å². The number of carbonyl (C=O) groups excluding carboxylic acids is 2. The summed E-state index contributed by atoms with van der Waals surface area (Å²) in [5.41, 5.74) is 1.38. The molecule has 2 heterocycles. The molecule has 0 saturated heterocycles. The predicted molar refractivity (Wildman–Crippen MR) is 86.9 cm³/mol. The lowest BCUT2D eigenvalue weighted by Gasteiger charge is -2.11. The van der Waals surface area contributed by atoms with Crippen molar-refractivity contribution >= 4 is 11.8 Å². The average molecular weight is 312 g/mol. The van der Waals surface area contributed by atoms with E-state index in [-0.39, 0.29) is 23.6 Å². The topological polar surface area (TPSA) is 84.0 Å². The van der Waals surface area contributed by atoms with Gasteiger partial charge in [0, 0.05) is 24.0 Å². The number of aromatic nitrogens is 2. The van der Waals surface area contributed by atoms with E-state index < -0.39 is 0 Å². The average Bonchev–Trinajstić information content (AvgIpc) is 2.60. The van der Waals surface area contributed by atoms with Gasteiger partial charge in [0.2, 0.25) is 0 Å². The van der Waals surface area contributed by atoms with Gasteiger partial charge in [0.05, 0.1) is 12.2 Å². The molecule has 2 rings (SSSR count). The Kier molecular flexibility index (Phi) is 5.80. The van der Waals surface area contributed by atoms with Gasteiger partial charge in [-0.15, -0.1) is 0 Å². The first kappa shape index (κ1) is 16.6. The molecule has 120 valence electrons. The molecule has 0 radical (unpaired) electrons. The second-order valence-electron chi connectivity index (χ2n) is 5.22. The molecular formula is C17H20N4O2. The van der Waals surface area contributed by atoms with E-state index in [0.29, 0.717) is 12.1 Å². The molecular weight excluding hydrogens is 292 g/mol. The zero-order valence-corrected chi connectivity index (χ0v) is 13.2. The molecule has 23 heavy (non-hydrogen) atoms. The van der Waals surface area contributed by atoms with E-state index in [1.54, 1.807) is 12.3 Å². The molecule has 1 atom stereocenters. The molecule has 0 aliphatic carbocycles. The Morgan fingerprint density at radius 1 is 1.13 bits per heavy atom. The molecule has 2 aromatic heterocycles. The quantitative estimate of drug-likeness (QED) is 0.853. The molecule has 6 nitrogen and oxygen atoms in total. The van der Waals surface area contributed by atoms with E-state index >= 15 is 0 Å². The maximum absolute atomic E-state index is 12.1. The second kappa shape index (κ2) is 8.03. The Bertz CT molecular complexity index is 673. The van der Waals surface area contributed by atoms with Crippen molar-refractivity contribution in [3.63, 3.8) is 0 Å². The summed E-state index contributed by atoms with van der Waals surface area (Å²) in [4.78, 5) is 32.4. The summed E-state index contributed by atoms with van der Waals surface area (Å²) < 4.78 is 0. The van der Waals surface area contributed by atoms with Gasteiger partial charge >= 0.3 is 0 Å². The fourth-order valence-corrected chi connectivity index (χ4v) is 1.87. The third-order valence-corrected chi connectivity index (χ3v) is 3.40. The number of nitrogens with zero attached hydrogens (tertiary/aromatic N) is 2. The molecule has 1 unspecified atom stereocenters. The van der Waals surface area contributed by atoms with E-state index in [1.165, 1.54) is 12.3 Å². The Morgan fingerprint density at radius 2 is 1.96 bits per heavy atom. The summed E-state index contributed by atoms with van der Waals surface area (Å²) in [6.07, 6.45) is 3.97. The summed E-state index contributed by atoms with van der Waals surface area (Å²) >= 11 is 0. The number of pyridine rings is 2. The minimum Gasteiger partial charge on any atom is -0.350 e. The smallest absolute Gasteiger partial charge is 0.270 e. The van der Waals surface area contributed by atoms with Crippen LogP contribution < -0.4 is 10.6 Å². The van der Waals surface area contributed by atoms with Crippen LogP contribution in [-0.4, -0.2) is 27.8 Å². The van der Waals surface area contributed by atoms with E-state index in [0.717, 1.165) is 12.1 Å². The third kappa shape index (κ3) is 4.88. The largest absolute Gasteiger partial charge is 0.350 e. The molecule has 0 aromatic carbocycles. The zero-order chi connectivity index (χ0) is 16.7. The molecule has 0 aliphatic heterocycles. The third-order valence-electron chi connectivity index (χ3n) is 3.40. The van der Waals surface area contributed by atoms with Crippen molar-refractivity contribution in [1.82, 2.24) is 20.6 Å². The zero-order valence-electron chi connectivity index (χ0n) is 13.2. The summed E-state index contributed by atoms with van der Waals surface area (Å²) in [6.45, 7) is 4.23. The van der Waals surface area contributed by atoms with Crippen LogP contribution in [0.2, 0.25) is 0 Å². The van der Waals surface area contributed by atoms with Crippen LogP contribution in [0.4, 0.5) is 0 Å². The monoisotopic (exact) mass is 312 g/mol. The molecule has 0 bridgehead atoms. The number of hydrogen-bond acceptors (Lipinski definition) is 4. The molecule has 2 N–H and O–H groups in total. The SMILES string of the molecule is CCC(C)NC(=O)c1ccnc(C(=O)NCc2ccccn2)c1. The van der Waals surface area contributed by atoms with Crippen molar-refractivity contribution in [2.75, 3.05) is 0 Å². The highest BCUT2D eigenvalue weighted by Gasteiger charge is 2.13. The standard InChI is InChI=1S/C17H20N4O2/c1-3-12(2)21-16(22)13-7-9-19-15(10-13)17(23)20-11-14-6-4-5-8-18-14/h4-10,12H,3,11H2,1-2H3,(H,20,23)(H,21,22). The predicted octanol–water partition coefficient (Wildman–Crippen LogP) is 1.93. The summed E-state index contributed by atoms with van der Waals surface area (Å²) in [7, 11) is 0. The Morgan fingerprint density at radius 3 is 2.65 bits per heavy atom. The normalized spacial score (nSPS) is 11.6. The minimum absolute atomic E-state index is 0.0806. The summed E-state index contributed by atoms with van der Waals surface area (Å²) in [5.74, 6) is -0.547. The van der Waals surface area contributed by atoms with Crippen molar-refractivity contribution in [3.8, 4) is 0 Å². The lowest BCUT2D eigenvalue weighted by molar-refractivity contribution is 0.0939. The van der Waals surface area contributed by atoms with Gasteiger partial charge in [0.1, 0.15) is 5.69 Å². The van der Waals surface area contributed by atoms with Crippen LogP contribution in [0.3, 0.4) is 0 Å². The van der Waals surface area contributed by atoms with E-state index in [1.807, 2.05) is 32.0 Å². The van der Waals surface area contributed by atoms with Gasteiger partial charge in [-0.2, -0.15) is 0 Å². The maximum Gasteiger partial charge on any atom is 0.270 e. The lowest BCUT2D eigenvalue weighted by atomic mass is 10.2. The van der Waals surface area contributed by atoms with Gasteiger partial charge in [-0.1, -0.05) is 13.0 Å². The molecule has 2 aromatic rings. The van der Waals surface area contributed by atoms with Crippen LogP contribution in [0.1, 0.15) is 46.8 Å². The van der Waals surface area contributed by atoms with Gasteiger partial charge in [-0.3, -0.25) is 19.6 Å². The molecule has 0 saturated carbocycles. The first-order valence-corrected chi connectivity index (χ1v) is 7.55. The van der Waals surface area contributed by atoms with Crippen molar-refractivity contribution in [2.45, 2.75) is 32.9 Å². The number of carbonyl (C=O) groups is 2. The van der Waals surface area contributed by atoms with Gasteiger partial charge in [-0.25, -0.2) is 0 Å². The molecule has 0 aliphatic rings. The summed E-state index contributed by atoms with van der Waals surface area (Å²) in [5, 5.41) is 5.60. The maximum atomic E-state index is 12.1. The van der Waals surface area contributed by atoms with Gasteiger partial charge in [-0.05, 0) is 37.6 Å². The lowest BCUT2D eigenvalue weighted by Crippen LogP contribution is -2.32. The Balaban J connectivity index is 2.01. The first-order chi connectivity index (χ1) is 11.1. The van der Waals surface area contributed by atoms with Crippen LogP contribution in [0.25, 0.3) is 0 Å². The van der Waals surface area contributed by atoms with Crippen molar-refractivity contribution < 1.29 is 9.59 Å². The van der Waals surface area contributed by atoms with Crippen LogP contribution in [0, 0.1) is 0 Å². The fourth-order valence-electron chi connectivity index (χ4n) is 1.87.